The molecule has 2 heterocycles. The number of ether oxygens (including phenoxy) is 1. The van der Waals surface area contributed by atoms with Crippen molar-refractivity contribution in [3.8, 4) is 5.75 Å². The fourth-order valence-corrected chi connectivity index (χ4v) is 4.97. The highest BCUT2D eigenvalue weighted by Crippen LogP contribution is 2.37. The number of benzene rings is 2. The van der Waals surface area contributed by atoms with Crippen LogP contribution in [0, 0.1) is 5.82 Å². The average Bonchev–Trinajstić information content (AvgIpc) is 3.32. The number of hydrogen-bond acceptors (Lipinski definition) is 4. The lowest BCUT2D eigenvalue weighted by atomic mass is 9.85. The first-order chi connectivity index (χ1) is 15.6. The molecule has 2 aliphatic heterocycles. The summed E-state index contributed by atoms with van der Waals surface area (Å²) in [6, 6.07) is 14.2. The fraction of sp³-hybridized carbons (Fsp3) is 0.440. The molecule has 7 heteroatoms. The number of aliphatic imine (C=N–C) groups is 1. The van der Waals surface area contributed by atoms with E-state index in [0.717, 1.165) is 42.9 Å². The van der Waals surface area contributed by atoms with Crippen LogP contribution in [-0.2, 0) is 4.79 Å². The number of amidine groups is 1. The molecule has 0 aromatic heterocycles. The molecule has 1 amide bonds. The minimum absolute atomic E-state index is 0.0686. The SMILES string of the molecule is O=C(COc1ccc(F)cc1)N1CCC[C@@]2(C1)Nc1ccccc1NC2=NC1CCCC1. The smallest absolute Gasteiger partial charge is 0.260 e. The van der Waals surface area contributed by atoms with Gasteiger partial charge in [-0.05, 0) is 62.1 Å². The molecule has 3 aliphatic rings. The van der Waals surface area contributed by atoms with Crippen molar-refractivity contribution in [3.05, 3.63) is 54.3 Å². The summed E-state index contributed by atoms with van der Waals surface area (Å²) in [6.07, 6.45) is 6.48. The summed E-state index contributed by atoms with van der Waals surface area (Å²) in [7, 11) is 0. The van der Waals surface area contributed by atoms with Crippen LogP contribution in [0.1, 0.15) is 38.5 Å². The minimum atomic E-state index is -0.430. The average molecular weight is 437 g/mol. The Morgan fingerprint density at radius 3 is 2.62 bits per heavy atom. The number of piperidine rings is 1. The number of anilines is 2. The number of rotatable bonds is 4. The van der Waals surface area contributed by atoms with Gasteiger partial charge in [0.15, 0.2) is 6.61 Å². The van der Waals surface area contributed by atoms with Gasteiger partial charge in [-0.1, -0.05) is 25.0 Å². The quantitative estimate of drug-likeness (QED) is 0.744. The number of nitrogens with zero attached hydrogens (tertiary/aromatic N) is 2. The first-order valence-electron chi connectivity index (χ1n) is 11.5. The fourth-order valence-electron chi connectivity index (χ4n) is 4.97. The molecule has 0 unspecified atom stereocenters. The zero-order valence-corrected chi connectivity index (χ0v) is 18.1. The molecule has 2 N–H and O–H groups in total. The van der Waals surface area contributed by atoms with Crippen molar-refractivity contribution < 1.29 is 13.9 Å². The molecule has 0 radical (unpaired) electrons. The third-order valence-corrected chi connectivity index (χ3v) is 6.66. The topological polar surface area (TPSA) is 66.0 Å². The maximum atomic E-state index is 13.1. The highest BCUT2D eigenvalue weighted by Gasteiger charge is 2.45. The summed E-state index contributed by atoms with van der Waals surface area (Å²) in [6.45, 7) is 1.15. The number of halogens is 1. The van der Waals surface area contributed by atoms with E-state index in [2.05, 4.69) is 22.8 Å². The van der Waals surface area contributed by atoms with Crippen LogP contribution in [-0.4, -0.2) is 47.9 Å². The minimum Gasteiger partial charge on any atom is -0.484 e. The third-order valence-electron chi connectivity index (χ3n) is 6.66. The molecule has 1 atom stereocenters. The number of fused-ring (bicyclic) bond motifs is 1. The predicted octanol–water partition coefficient (Wildman–Crippen LogP) is 4.44. The van der Waals surface area contributed by atoms with Crippen LogP contribution in [0.25, 0.3) is 0 Å². The third kappa shape index (κ3) is 4.29. The first kappa shape index (κ1) is 20.8. The monoisotopic (exact) mass is 436 g/mol. The second-order valence-electron chi connectivity index (χ2n) is 8.96. The molecule has 5 rings (SSSR count). The van der Waals surface area contributed by atoms with Gasteiger partial charge in [0.05, 0.1) is 24.0 Å². The van der Waals surface area contributed by atoms with Gasteiger partial charge in [0.25, 0.3) is 5.91 Å². The Bertz CT molecular complexity index is 1000. The summed E-state index contributed by atoms with van der Waals surface area (Å²) in [4.78, 5) is 20.0. The Hall–Kier alpha value is -3.09. The zero-order valence-electron chi connectivity index (χ0n) is 18.1. The summed E-state index contributed by atoms with van der Waals surface area (Å²) >= 11 is 0. The van der Waals surface area contributed by atoms with Crippen LogP contribution >= 0.6 is 0 Å². The second kappa shape index (κ2) is 8.81. The second-order valence-corrected chi connectivity index (χ2v) is 8.96. The molecule has 6 nitrogen and oxygen atoms in total. The first-order valence-corrected chi connectivity index (χ1v) is 11.5. The summed E-state index contributed by atoms with van der Waals surface area (Å²) in [5.41, 5.74) is 1.63. The molecular formula is C25H29FN4O2. The van der Waals surface area contributed by atoms with Crippen molar-refractivity contribution in [1.82, 2.24) is 4.90 Å². The number of likely N-dealkylation sites (tertiary alicyclic amines) is 1. The van der Waals surface area contributed by atoms with Crippen molar-refractivity contribution >= 4 is 23.1 Å². The van der Waals surface area contributed by atoms with E-state index in [-0.39, 0.29) is 18.3 Å². The number of nitrogens with one attached hydrogen (secondary N) is 2. The Balaban J connectivity index is 1.35. The van der Waals surface area contributed by atoms with Gasteiger partial charge in [0, 0.05) is 6.54 Å². The Morgan fingerprint density at radius 1 is 1.09 bits per heavy atom. The van der Waals surface area contributed by atoms with Crippen LogP contribution in [0.15, 0.2) is 53.5 Å². The molecule has 32 heavy (non-hydrogen) atoms. The van der Waals surface area contributed by atoms with Crippen molar-refractivity contribution in [1.29, 1.82) is 0 Å². The van der Waals surface area contributed by atoms with E-state index < -0.39 is 5.54 Å². The molecule has 2 aromatic carbocycles. The van der Waals surface area contributed by atoms with Crippen molar-refractivity contribution in [2.45, 2.75) is 50.1 Å². The van der Waals surface area contributed by atoms with Crippen molar-refractivity contribution in [3.63, 3.8) is 0 Å². The number of carbonyl (C=O) groups is 1. The van der Waals surface area contributed by atoms with Crippen LogP contribution in [0.5, 0.6) is 5.75 Å². The maximum Gasteiger partial charge on any atom is 0.260 e. The normalized spacial score (nSPS) is 24.2. The number of amides is 1. The molecule has 168 valence electrons. The lowest BCUT2D eigenvalue weighted by Gasteiger charge is -2.47. The highest BCUT2D eigenvalue weighted by molar-refractivity contribution is 6.10. The van der Waals surface area contributed by atoms with E-state index >= 15 is 0 Å². The molecule has 1 aliphatic carbocycles. The zero-order chi connectivity index (χ0) is 22.0. The molecule has 1 spiro atoms. The summed E-state index contributed by atoms with van der Waals surface area (Å²) < 4.78 is 18.7. The van der Waals surface area contributed by atoms with Crippen molar-refractivity contribution in [2.75, 3.05) is 30.3 Å². The van der Waals surface area contributed by atoms with E-state index in [0.29, 0.717) is 24.9 Å². The molecule has 2 fully saturated rings. The number of carbonyl (C=O) groups excluding carboxylic acids is 1. The molecule has 1 saturated carbocycles. The molecular weight excluding hydrogens is 407 g/mol. The molecule has 2 aromatic rings. The summed E-state index contributed by atoms with van der Waals surface area (Å²) in [5.74, 6) is 1.03. The van der Waals surface area contributed by atoms with Crippen LogP contribution in [0.2, 0.25) is 0 Å². The lowest BCUT2D eigenvalue weighted by molar-refractivity contribution is -0.134. The summed E-state index contributed by atoms with van der Waals surface area (Å²) in [5, 5.41) is 7.32. The Labute approximate surface area is 187 Å². The van der Waals surface area contributed by atoms with Gasteiger partial charge in [0.2, 0.25) is 0 Å². The number of hydrogen-bond donors (Lipinski definition) is 2. The molecule has 0 bridgehead atoms. The Morgan fingerprint density at radius 2 is 1.84 bits per heavy atom. The standard InChI is InChI=1S/C25H29FN4O2/c26-18-10-12-20(13-11-18)32-16-23(31)30-15-5-14-25(17-30)24(27-19-6-1-2-7-19)28-21-8-3-4-9-22(21)29-25/h3-4,8-13,19,29H,1-2,5-7,14-17H2,(H,27,28)/t25-/m0/s1. The van der Waals surface area contributed by atoms with Gasteiger partial charge >= 0.3 is 0 Å². The van der Waals surface area contributed by atoms with Crippen molar-refractivity contribution in [2.24, 2.45) is 4.99 Å². The number of para-hydroxylation sites is 2. The van der Waals surface area contributed by atoms with E-state index in [4.69, 9.17) is 9.73 Å². The van der Waals surface area contributed by atoms with Gasteiger partial charge in [-0.2, -0.15) is 0 Å². The molecule has 1 saturated heterocycles. The van der Waals surface area contributed by atoms with Crippen LogP contribution in [0.4, 0.5) is 15.8 Å². The van der Waals surface area contributed by atoms with Crippen LogP contribution < -0.4 is 15.4 Å². The van der Waals surface area contributed by atoms with Gasteiger partial charge in [-0.15, -0.1) is 0 Å². The van der Waals surface area contributed by atoms with E-state index in [1.165, 1.54) is 37.1 Å². The van der Waals surface area contributed by atoms with E-state index in [1.807, 2.05) is 17.0 Å². The Kier molecular flexibility index (Phi) is 5.72. The maximum absolute atomic E-state index is 13.1. The van der Waals surface area contributed by atoms with Gasteiger partial charge in [-0.3, -0.25) is 9.79 Å². The lowest BCUT2D eigenvalue weighted by Crippen LogP contribution is -2.63. The largest absolute Gasteiger partial charge is 0.484 e. The van der Waals surface area contributed by atoms with E-state index in [1.54, 1.807) is 0 Å². The van der Waals surface area contributed by atoms with Gasteiger partial charge in [-0.25, -0.2) is 4.39 Å². The van der Waals surface area contributed by atoms with Gasteiger partial charge < -0.3 is 20.3 Å². The van der Waals surface area contributed by atoms with E-state index in [9.17, 15) is 9.18 Å². The highest BCUT2D eigenvalue weighted by atomic mass is 19.1. The van der Waals surface area contributed by atoms with Gasteiger partial charge in [0.1, 0.15) is 22.9 Å². The van der Waals surface area contributed by atoms with Crippen LogP contribution in [0.3, 0.4) is 0 Å². The predicted molar refractivity (Wildman–Crippen MR) is 124 cm³/mol.